The van der Waals surface area contributed by atoms with Crippen LogP contribution in [0.5, 0.6) is 0 Å². The first-order valence-corrected chi connectivity index (χ1v) is 6.99. The van der Waals surface area contributed by atoms with Crippen LogP contribution in [0.2, 0.25) is 0 Å². The number of nitrogens with one attached hydrogen (secondary N) is 1. The number of aliphatic carboxylic acids is 1. The minimum Gasteiger partial charge on any atom is -0.481 e. The molecule has 0 radical (unpaired) electrons. The maximum absolute atomic E-state index is 12.3. The minimum absolute atomic E-state index is 0.0233. The van der Waals surface area contributed by atoms with Crippen molar-refractivity contribution in [2.45, 2.75) is 51.0 Å². The Morgan fingerprint density at radius 3 is 2.60 bits per heavy atom. The van der Waals surface area contributed by atoms with Crippen LogP contribution in [0, 0.1) is 6.92 Å². The number of pyridine rings is 1. The molecule has 1 aliphatic rings. The number of rotatable bonds is 4. The van der Waals surface area contributed by atoms with Crippen LogP contribution < -0.4 is 5.32 Å². The number of nitrogens with zero attached hydrogens (tertiary/aromatic N) is 1. The second-order valence-corrected chi connectivity index (χ2v) is 5.53. The summed E-state index contributed by atoms with van der Waals surface area (Å²) in [7, 11) is 0. The Morgan fingerprint density at radius 1 is 1.30 bits per heavy atom. The van der Waals surface area contributed by atoms with Gasteiger partial charge in [-0.3, -0.25) is 9.59 Å². The third-order valence-electron chi connectivity index (χ3n) is 3.80. The highest BCUT2D eigenvalue weighted by atomic mass is 16.4. The van der Waals surface area contributed by atoms with Gasteiger partial charge in [0.25, 0.3) is 5.91 Å². The van der Waals surface area contributed by atoms with E-state index in [0.717, 1.165) is 37.8 Å². The first-order chi connectivity index (χ1) is 9.51. The molecule has 0 unspecified atom stereocenters. The Morgan fingerprint density at radius 2 is 2.00 bits per heavy atom. The van der Waals surface area contributed by atoms with Crippen molar-refractivity contribution < 1.29 is 14.7 Å². The quantitative estimate of drug-likeness (QED) is 0.884. The van der Waals surface area contributed by atoms with Crippen molar-refractivity contribution in [3.8, 4) is 0 Å². The molecule has 1 fully saturated rings. The third-order valence-corrected chi connectivity index (χ3v) is 3.80. The van der Waals surface area contributed by atoms with Gasteiger partial charge in [-0.25, -0.2) is 4.98 Å². The summed E-state index contributed by atoms with van der Waals surface area (Å²) in [5.41, 5.74) is 0.501. The molecule has 0 spiro atoms. The fraction of sp³-hybridized carbons (Fsp3) is 0.533. The SMILES string of the molecule is Cc1cccc(C(=O)NC2(CC(=O)O)CCCCC2)n1. The van der Waals surface area contributed by atoms with Gasteiger partial charge in [0.1, 0.15) is 5.69 Å². The lowest BCUT2D eigenvalue weighted by Gasteiger charge is -2.36. The molecule has 5 heteroatoms. The number of aryl methyl sites for hydroxylation is 1. The molecule has 1 saturated carbocycles. The van der Waals surface area contributed by atoms with Crippen molar-refractivity contribution in [2.75, 3.05) is 0 Å². The molecule has 2 N–H and O–H groups in total. The Kier molecular flexibility index (Phi) is 4.37. The highest BCUT2D eigenvalue weighted by Crippen LogP contribution is 2.31. The van der Waals surface area contributed by atoms with E-state index in [0.29, 0.717) is 5.69 Å². The molecule has 2 rings (SSSR count). The second-order valence-electron chi connectivity index (χ2n) is 5.53. The van der Waals surface area contributed by atoms with Crippen molar-refractivity contribution in [2.24, 2.45) is 0 Å². The van der Waals surface area contributed by atoms with Gasteiger partial charge in [-0.15, -0.1) is 0 Å². The largest absolute Gasteiger partial charge is 0.481 e. The molecular weight excluding hydrogens is 256 g/mol. The zero-order valence-corrected chi connectivity index (χ0v) is 11.7. The molecule has 0 saturated heterocycles. The van der Waals surface area contributed by atoms with E-state index >= 15 is 0 Å². The monoisotopic (exact) mass is 276 g/mol. The zero-order chi connectivity index (χ0) is 14.6. The summed E-state index contributed by atoms with van der Waals surface area (Å²) in [6.45, 7) is 1.82. The molecular formula is C15H20N2O3. The summed E-state index contributed by atoms with van der Waals surface area (Å²) in [6, 6.07) is 5.26. The van der Waals surface area contributed by atoms with Crippen LogP contribution in [0.1, 0.15) is 54.7 Å². The van der Waals surface area contributed by atoms with Crippen LogP contribution in [0.15, 0.2) is 18.2 Å². The van der Waals surface area contributed by atoms with Crippen LogP contribution in [0.25, 0.3) is 0 Å². The van der Waals surface area contributed by atoms with Crippen molar-refractivity contribution in [3.63, 3.8) is 0 Å². The van der Waals surface area contributed by atoms with Gasteiger partial charge in [0.05, 0.1) is 12.0 Å². The van der Waals surface area contributed by atoms with E-state index in [1.807, 2.05) is 13.0 Å². The number of amides is 1. The molecule has 0 aliphatic heterocycles. The maximum atomic E-state index is 12.3. The standard InChI is InChI=1S/C15H20N2O3/c1-11-6-5-7-12(16-11)14(20)17-15(10-13(18)19)8-3-2-4-9-15/h5-7H,2-4,8-10H2,1H3,(H,17,20)(H,18,19). The summed E-state index contributed by atoms with van der Waals surface area (Å²) >= 11 is 0. The number of carboxylic acids is 1. The van der Waals surface area contributed by atoms with Crippen molar-refractivity contribution >= 4 is 11.9 Å². The number of hydrogen-bond donors (Lipinski definition) is 2. The summed E-state index contributed by atoms with van der Waals surface area (Å²) in [6.07, 6.45) is 4.42. The van der Waals surface area contributed by atoms with E-state index in [4.69, 9.17) is 5.11 Å². The van der Waals surface area contributed by atoms with Gasteiger partial charge in [-0.1, -0.05) is 25.3 Å². The van der Waals surface area contributed by atoms with E-state index in [2.05, 4.69) is 10.3 Å². The van der Waals surface area contributed by atoms with Gasteiger partial charge in [0, 0.05) is 5.69 Å². The molecule has 108 valence electrons. The van der Waals surface area contributed by atoms with E-state index in [1.165, 1.54) is 0 Å². The average molecular weight is 276 g/mol. The van der Waals surface area contributed by atoms with Crippen LogP contribution in [-0.4, -0.2) is 27.5 Å². The highest BCUT2D eigenvalue weighted by molar-refractivity contribution is 5.93. The first kappa shape index (κ1) is 14.5. The minimum atomic E-state index is -0.871. The molecule has 0 aromatic carbocycles. The number of aromatic nitrogens is 1. The van der Waals surface area contributed by atoms with Crippen molar-refractivity contribution in [1.82, 2.24) is 10.3 Å². The van der Waals surface area contributed by atoms with Crippen molar-refractivity contribution in [1.29, 1.82) is 0 Å². The second kappa shape index (κ2) is 6.03. The number of carboxylic acid groups (broad SMARTS) is 1. The normalized spacial score (nSPS) is 17.4. The Hall–Kier alpha value is -1.91. The summed E-state index contributed by atoms with van der Waals surface area (Å²) < 4.78 is 0. The molecule has 0 atom stereocenters. The number of carbonyl (C=O) groups is 2. The van der Waals surface area contributed by atoms with Crippen LogP contribution >= 0.6 is 0 Å². The molecule has 1 aliphatic carbocycles. The van der Waals surface area contributed by atoms with Gasteiger partial charge in [0.15, 0.2) is 0 Å². The third kappa shape index (κ3) is 3.56. The van der Waals surface area contributed by atoms with Gasteiger partial charge < -0.3 is 10.4 Å². The molecule has 0 bridgehead atoms. The molecule has 1 aromatic heterocycles. The van der Waals surface area contributed by atoms with Gasteiger partial charge in [0.2, 0.25) is 0 Å². The molecule has 20 heavy (non-hydrogen) atoms. The van der Waals surface area contributed by atoms with E-state index < -0.39 is 11.5 Å². The van der Waals surface area contributed by atoms with Crippen LogP contribution in [-0.2, 0) is 4.79 Å². The van der Waals surface area contributed by atoms with Crippen molar-refractivity contribution in [3.05, 3.63) is 29.6 Å². The lowest BCUT2D eigenvalue weighted by molar-refractivity contribution is -0.139. The molecule has 1 amide bonds. The predicted octanol–water partition coefficient (Wildman–Crippen LogP) is 2.30. The van der Waals surface area contributed by atoms with Gasteiger partial charge in [-0.05, 0) is 31.9 Å². The van der Waals surface area contributed by atoms with E-state index in [9.17, 15) is 9.59 Å². The highest BCUT2D eigenvalue weighted by Gasteiger charge is 2.36. The zero-order valence-electron chi connectivity index (χ0n) is 11.7. The number of hydrogen-bond acceptors (Lipinski definition) is 3. The lowest BCUT2D eigenvalue weighted by Crippen LogP contribution is -2.51. The smallest absolute Gasteiger partial charge is 0.305 e. The van der Waals surface area contributed by atoms with Gasteiger partial charge >= 0.3 is 5.97 Å². The average Bonchev–Trinajstić information content (AvgIpc) is 2.38. The lowest BCUT2D eigenvalue weighted by atomic mass is 9.79. The number of carbonyl (C=O) groups excluding carboxylic acids is 1. The fourth-order valence-electron chi connectivity index (χ4n) is 2.84. The van der Waals surface area contributed by atoms with Crippen LogP contribution in [0.3, 0.4) is 0 Å². The predicted molar refractivity (Wildman–Crippen MR) is 74.5 cm³/mol. The van der Waals surface area contributed by atoms with Gasteiger partial charge in [-0.2, -0.15) is 0 Å². The summed E-state index contributed by atoms with van der Waals surface area (Å²) in [4.78, 5) is 27.6. The fourth-order valence-corrected chi connectivity index (χ4v) is 2.84. The molecule has 1 aromatic rings. The van der Waals surface area contributed by atoms with E-state index in [1.54, 1.807) is 12.1 Å². The summed E-state index contributed by atoms with van der Waals surface area (Å²) in [5, 5.41) is 12.0. The Bertz CT molecular complexity index is 508. The topological polar surface area (TPSA) is 79.3 Å². The maximum Gasteiger partial charge on any atom is 0.305 e. The first-order valence-electron chi connectivity index (χ1n) is 6.99. The Labute approximate surface area is 118 Å². The Balaban J connectivity index is 2.15. The van der Waals surface area contributed by atoms with E-state index in [-0.39, 0.29) is 12.3 Å². The molecule has 1 heterocycles. The molecule has 5 nitrogen and oxygen atoms in total. The van der Waals surface area contributed by atoms with Crippen LogP contribution in [0.4, 0.5) is 0 Å². The summed E-state index contributed by atoms with van der Waals surface area (Å²) in [5.74, 6) is -1.15.